The van der Waals surface area contributed by atoms with Gasteiger partial charge in [-0.1, -0.05) is 50.1 Å². The highest BCUT2D eigenvalue weighted by Crippen LogP contribution is 2.43. The lowest BCUT2D eigenvalue weighted by molar-refractivity contribution is 0.0390. The van der Waals surface area contributed by atoms with Crippen molar-refractivity contribution in [3.63, 3.8) is 0 Å². The molecule has 0 bridgehead atoms. The van der Waals surface area contributed by atoms with E-state index in [1.54, 1.807) is 7.11 Å². The third kappa shape index (κ3) is 4.48. The van der Waals surface area contributed by atoms with E-state index in [1.807, 2.05) is 0 Å². The number of hydrogen-bond donors (Lipinski definition) is 0. The molecule has 2 atom stereocenters. The lowest BCUT2D eigenvalue weighted by atomic mass is 9.70. The zero-order valence-corrected chi connectivity index (χ0v) is 16.4. The molecular formula is C21H35N3O2. The lowest BCUT2D eigenvalue weighted by Crippen LogP contribution is -2.46. The van der Waals surface area contributed by atoms with Gasteiger partial charge < -0.3 is 9.26 Å². The normalized spacial score (nSPS) is 27.9. The monoisotopic (exact) mass is 361 g/mol. The molecule has 3 aliphatic carbocycles. The van der Waals surface area contributed by atoms with Gasteiger partial charge >= 0.3 is 0 Å². The molecule has 26 heavy (non-hydrogen) atoms. The highest BCUT2D eigenvalue weighted by atomic mass is 16.5. The number of ether oxygens (including phenoxy) is 1. The van der Waals surface area contributed by atoms with Gasteiger partial charge in [0, 0.05) is 25.6 Å². The van der Waals surface area contributed by atoms with Crippen LogP contribution in [-0.2, 0) is 17.7 Å². The molecule has 1 heterocycles. The van der Waals surface area contributed by atoms with Gasteiger partial charge in [0.05, 0.1) is 13.2 Å². The number of methoxy groups -OCH3 is 1. The first-order valence-electron chi connectivity index (χ1n) is 10.9. The van der Waals surface area contributed by atoms with Crippen molar-refractivity contribution in [1.82, 2.24) is 15.0 Å². The number of aromatic nitrogens is 2. The van der Waals surface area contributed by atoms with E-state index in [0.29, 0.717) is 6.61 Å². The van der Waals surface area contributed by atoms with Crippen molar-refractivity contribution in [1.29, 1.82) is 0 Å². The highest BCUT2D eigenvalue weighted by molar-refractivity contribution is 4.97. The van der Waals surface area contributed by atoms with E-state index in [1.165, 1.54) is 70.6 Å². The first kappa shape index (κ1) is 18.4. The van der Waals surface area contributed by atoms with Crippen LogP contribution in [0.15, 0.2) is 4.52 Å². The lowest BCUT2D eigenvalue weighted by Gasteiger charge is -2.44. The molecular weight excluding hydrogens is 326 g/mol. The molecule has 3 saturated carbocycles. The van der Waals surface area contributed by atoms with Gasteiger partial charge in [0.25, 0.3) is 0 Å². The van der Waals surface area contributed by atoms with E-state index in [2.05, 4.69) is 15.0 Å². The Morgan fingerprint density at radius 2 is 1.77 bits per heavy atom. The maximum Gasteiger partial charge on any atom is 0.240 e. The van der Waals surface area contributed by atoms with Gasteiger partial charge in [-0.25, -0.2) is 0 Å². The minimum atomic E-state index is 0.650. The topological polar surface area (TPSA) is 51.4 Å². The first-order valence-corrected chi connectivity index (χ1v) is 10.9. The molecule has 1 aromatic heterocycles. The number of hydrogen-bond acceptors (Lipinski definition) is 5. The summed E-state index contributed by atoms with van der Waals surface area (Å²) in [6.07, 6.45) is 16.3. The summed E-state index contributed by atoms with van der Waals surface area (Å²) in [5.74, 6) is 3.43. The molecule has 0 amide bonds. The van der Waals surface area contributed by atoms with Crippen molar-refractivity contribution in [3.8, 4) is 0 Å². The fraction of sp³-hybridized carbons (Fsp3) is 0.905. The van der Waals surface area contributed by atoms with Crippen LogP contribution in [-0.4, -0.2) is 40.8 Å². The smallest absolute Gasteiger partial charge is 0.240 e. The Kier molecular flexibility index (Phi) is 6.26. The van der Waals surface area contributed by atoms with Crippen LogP contribution < -0.4 is 0 Å². The maximum absolute atomic E-state index is 5.58. The maximum atomic E-state index is 5.58. The molecule has 4 rings (SSSR count). The van der Waals surface area contributed by atoms with E-state index in [-0.39, 0.29) is 0 Å². The Morgan fingerprint density at radius 3 is 2.54 bits per heavy atom. The Balaban J connectivity index is 1.44. The van der Waals surface area contributed by atoms with E-state index >= 15 is 0 Å². The average molecular weight is 362 g/mol. The summed E-state index contributed by atoms with van der Waals surface area (Å²) in [6, 6.07) is 1.48. The van der Waals surface area contributed by atoms with Gasteiger partial charge in [-0.15, -0.1) is 0 Å². The predicted octanol–water partition coefficient (Wildman–Crippen LogP) is 4.36. The van der Waals surface area contributed by atoms with E-state index in [9.17, 15) is 0 Å². The van der Waals surface area contributed by atoms with Gasteiger partial charge in [0.2, 0.25) is 5.89 Å². The quantitative estimate of drug-likeness (QED) is 0.688. The SMILES string of the molecule is COCCc1noc(CN(C2CC2)[C@H]2CCCC[C@@H]2C2CCCCC2)n1. The third-order valence-electron chi connectivity index (χ3n) is 6.84. The average Bonchev–Trinajstić information content (AvgIpc) is 3.44. The minimum absolute atomic E-state index is 0.650. The number of rotatable bonds is 8. The summed E-state index contributed by atoms with van der Waals surface area (Å²) in [5.41, 5.74) is 0. The molecule has 0 spiro atoms. The van der Waals surface area contributed by atoms with E-state index < -0.39 is 0 Å². The zero-order valence-electron chi connectivity index (χ0n) is 16.4. The molecule has 3 fully saturated rings. The molecule has 0 aliphatic heterocycles. The van der Waals surface area contributed by atoms with Crippen molar-refractivity contribution in [2.75, 3.05) is 13.7 Å². The van der Waals surface area contributed by atoms with Crippen molar-refractivity contribution in [3.05, 3.63) is 11.7 Å². The number of nitrogens with zero attached hydrogens (tertiary/aromatic N) is 3. The molecule has 0 unspecified atom stereocenters. The zero-order chi connectivity index (χ0) is 17.8. The van der Waals surface area contributed by atoms with Gasteiger partial charge in [-0.3, -0.25) is 4.90 Å². The summed E-state index contributed by atoms with van der Waals surface area (Å²) in [4.78, 5) is 7.39. The predicted molar refractivity (Wildman–Crippen MR) is 101 cm³/mol. The summed E-state index contributed by atoms with van der Waals surface area (Å²) in [5, 5.41) is 4.15. The van der Waals surface area contributed by atoms with Crippen molar-refractivity contribution in [2.45, 2.75) is 95.7 Å². The fourth-order valence-electron chi connectivity index (χ4n) is 5.39. The van der Waals surface area contributed by atoms with Crippen LogP contribution in [0.4, 0.5) is 0 Å². The van der Waals surface area contributed by atoms with E-state index in [0.717, 1.165) is 48.6 Å². The molecule has 146 valence electrons. The van der Waals surface area contributed by atoms with Gasteiger partial charge in [0.1, 0.15) is 0 Å². The molecule has 1 aromatic rings. The molecule has 3 aliphatic rings. The van der Waals surface area contributed by atoms with E-state index in [4.69, 9.17) is 9.26 Å². The summed E-state index contributed by atoms with van der Waals surface area (Å²) < 4.78 is 10.7. The van der Waals surface area contributed by atoms with Gasteiger partial charge in [-0.2, -0.15) is 4.98 Å². The second kappa shape index (κ2) is 8.83. The Bertz CT molecular complexity index is 551. The molecule has 0 saturated heterocycles. The molecule has 5 nitrogen and oxygen atoms in total. The van der Waals surface area contributed by atoms with Crippen LogP contribution >= 0.6 is 0 Å². The van der Waals surface area contributed by atoms with Crippen molar-refractivity contribution >= 4 is 0 Å². The Hall–Kier alpha value is -0.940. The summed E-state index contributed by atoms with van der Waals surface area (Å²) in [7, 11) is 1.71. The summed E-state index contributed by atoms with van der Waals surface area (Å²) in [6.45, 7) is 1.50. The largest absolute Gasteiger partial charge is 0.384 e. The molecule has 0 aromatic carbocycles. The van der Waals surface area contributed by atoms with Crippen LogP contribution in [0.1, 0.15) is 82.3 Å². The molecule has 0 radical (unpaired) electrons. The fourth-order valence-corrected chi connectivity index (χ4v) is 5.39. The van der Waals surface area contributed by atoms with Crippen LogP contribution in [0, 0.1) is 11.8 Å². The van der Waals surface area contributed by atoms with Crippen molar-refractivity contribution in [2.24, 2.45) is 11.8 Å². The first-order chi connectivity index (χ1) is 12.8. The Labute approximate surface area is 157 Å². The standard InChI is InChI=1S/C21H35N3O2/c1-25-14-13-20-22-21(26-23-20)15-24(17-11-12-17)19-10-6-5-9-18(19)16-7-3-2-4-8-16/h16-19H,2-15H2,1H3/t18-,19+/m1/s1. The second-order valence-electron chi connectivity index (χ2n) is 8.66. The van der Waals surface area contributed by atoms with Crippen LogP contribution in [0.5, 0.6) is 0 Å². The second-order valence-corrected chi connectivity index (χ2v) is 8.66. The van der Waals surface area contributed by atoms with Crippen molar-refractivity contribution < 1.29 is 9.26 Å². The molecule has 5 heteroatoms. The minimum Gasteiger partial charge on any atom is -0.384 e. The van der Waals surface area contributed by atoms with Crippen LogP contribution in [0.25, 0.3) is 0 Å². The van der Waals surface area contributed by atoms with Crippen LogP contribution in [0.2, 0.25) is 0 Å². The van der Waals surface area contributed by atoms with Gasteiger partial charge in [0.15, 0.2) is 5.82 Å². The third-order valence-corrected chi connectivity index (χ3v) is 6.84. The Morgan fingerprint density at radius 1 is 1.00 bits per heavy atom. The van der Waals surface area contributed by atoms with Crippen LogP contribution in [0.3, 0.4) is 0 Å². The summed E-state index contributed by atoms with van der Waals surface area (Å²) >= 11 is 0. The molecule has 0 N–H and O–H groups in total. The highest BCUT2D eigenvalue weighted by Gasteiger charge is 2.41. The van der Waals surface area contributed by atoms with Gasteiger partial charge in [-0.05, 0) is 37.5 Å².